The molecule has 0 atom stereocenters. The third-order valence-corrected chi connectivity index (χ3v) is 3.74. The zero-order valence-corrected chi connectivity index (χ0v) is 14.2. The highest BCUT2D eigenvalue weighted by molar-refractivity contribution is 5.94. The summed E-state index contributed by atoms with van der Waals surface area (Å²) in [5.41, 5.74) is 2.36. The molecule has 0 radical (unpaired) electrons. The number of benzene rings is 2. The van der Waals surface area contributed by atoms with Gasteiger partial charge in [0.05, 0.1) is 23.4 Å². The first-order chi connectivity index (χ1) is 13.4. The van der Waals surface area contributed by atoms with E-state index in [1.54, 1.807) is 36.4 Å². The summed E-state index contributed by atoms with van der Waals surface area (Å²) in [6, 6.07) is 16.1. The molecule has 2 aromatic carbocycles. The molecule has 8 heteroatoms. The molecule has 0 saturated heterocycles. The Kier molecular flexibility index (Phi) is 5.27. The van der Waals surface area contributed by atoms with Crippen LogP contribution in [-0.4, -0.2) is 12.1 Å². The van der Waals surface area contributed by atoms with Gasteiger partial charge in [-0.05, 0) is 54.6 Å². The van der Waals surface area contributed by atoms with Gasteiger partial charge < -0.3 is 4.42 Å². The first kappa shape index (κ1) is 18.9. The molecule has 0 aliphatic heterocycles. The lowest BCUT2D eigenvalue weighted by atomic mass is 10.1. The predicted octanol–water partition coefficient (Wildman–Crippen LogP) is 4.60. The second-order valence-electron chi connectivity index (χ2n) is 5.67. The van der Waals surface area contributed by atoms with Crippen molar-refractivity contribution in [2.75, 3.05) is 0 Å². The second kappa shape index (κ2) is 7.80. The minimum Gasteiger partial charge on any atom is -0.455 e. The van der Waals surface area contributed by atoms with Gasteiger partial charge in [0, 0.05) is 11.1 Å². The standard InChI is InChI=1S/C20H12F3N3O2/c21-20(22,23)16-3-1-2-15(10-16)19(27)26-25-12-17-8-9-18(28-17)14-6-4-13(11-24)5-7-14/h1-10,12H,(H,26,27)/b25-12-. The molecule has 0 fully saturated rings. The number of hydrogen-bond donors (Lipinski definition) is 1. The lowest BCUT2D eigenvalue weighted by Gasteiger charge is -2.07. The Morgan fingerprint density at radius 3 is 2.54 bits per heavy atom. The molecule has 28 heavy (non-hydrogen) atoms. The van der Waals surface area contributed by atoms with Gasteiger partial charge in [-0.25, -0.2) is 5.43 Å². The molecule has 1 N–H and O–H groups in total. The van der Waals surface area contributed by atoms with E-state index in [1.807, 2.05) is 6.07 Å². The Morgan fingerprint density at radius 2 is 1.86 bits per heavy atom. The number of nitriles is 1. The van der Waals surface area contributed by atoms with Crippen molar-refractivity contribution in [3.05, 3.63) is 83.1 Å². The monoisotopic (exact) mass is 383 g/mol. The highest BCUT2D eigenvalue weighted by atomic mass is 19.4. The quantitative estimate of drug-likeness (QED) is 0.528. The number of alkyl halides is 3. The van der Waals surface area contributed by atoms with E-state index in [1.165, 1.54) is 12.3 Å². The number of amides is 1. The lowest BCUT2D eigenvalue weighted by Crippen LogP contribution is -2.18. The molecule has 1 aromatic heterocycles. The molecule has 3 rings (SSSR count). The average molecular weight is 383 g/mol. The van der Waals surface area contributed by atoms with Gasteiger partial charge in [0.2, 0.25) is 0 Å². The number of carbonyl (C=O) groups excluding carboxylic acids is 1. The van der Waals surface area contributed by atoms with Crippen molar-refractivity contribution in [3.8, 4) is 17.4 Å². The van der Waals surface area contributed by atoms with Gasteiger partial charge >= 0.3 is 6.18 Å². The highest BCUT2D eigenvalue weighted by Crippen LogP contribution is 2.29. The van der Waals surface area contributed by atoms with E-state index in [9.17, 15) is 18.0 Å². The summed E-state index contributed by atoms with van der Waals surface area (Å²) in [6.45, 7) is 0. The smallest absolute Gasteiger partial charge is 0.416 e. The average Bonchev–Trinajstić information content (AvgIpc) is 3.16. The summed E-state index contributed by atoms with van der Waals surface area (Å²) in [6.07, 6.45) is -3.30. The molecule has 0 spiro atoms. The van der Waals surface area contributed by atoms with Gasteiger partial charge in [0.1, 0.15) is 11.5 Å². The van der Waals surface area contributed by atoms with Gasteiger partial charge in [-0.15, -0.1) is 0 Å². The molecule has 5 nitrogen and oxygen atoms in total. The van der Waals surface area contributed by atoms with Crippen molar-refractivity contribution in [2.24, 2.45) is 5.10 Å². The SMILES string of the molecule is N#Cc1ccc(-c2ccc(/C=N\NC(=O)c3cccc(C(F)(F)F)c3)o2)cc1. The Hall–Kier alpha value is -3.86. The molecule has 0 aliphatic rings. The van der Waals surface area contributed by atoms with E-state index < -0.39 is 17.6 Å². The van der Waals surface area contributed by atoms with Crippen LogP contribution in [0.4, 0.5) is 13.2 Å². The zero-order chi connectivity index (χ0) is 20.1. The highest BCUT2D eigenvalue weighted by Gasteiger charge is 2.30. The second-order valence-corrected chi connectivity index (χ2v) is 5.67. The number of halogens is 3. The molecular weight excluding hydrogens is 371 g/mol. The zero-order valence-electron chi connectivity index (χ0n) is 14.2. The first-order valence-corrected chi connectivity index (χ1v) is 7.98. The molecule has 0 bridgehead atoms. The van der Waals surface area contributed by atoms with E-state index in [4.69, 9.17) is 9.68 Å². The number of rotatable bonds is 4. The first-order valence-electron chi connectivity index (χ1n) is 7.98. The Balaban J connectivity index is 1.66. The summed E-state index contributed by atoms with van der Waals surface area (Å²) in [5.74, 6) is 0.0973. The van der Waals surface area contributed by atoms with Crippen molar-refractivity contribution < 1.29 is 22.4 Å². The maximum absolute atomic E-state index is 12.7. The van der Waals surface area contributed by atoms with Crippen molar-refractivity contribution in [3.63, 3.8) is 0 Å². The van der Waals surface area contributed by atoms with E-state index in [0.717, 1.165) is 23.8 Å². The Labute approximate surface area is 157 Å². The van der Waals surface area contributed by atoms with Crippen LogP contribution in [-0.2, 0) is 6.18 Å². The van der Waals surface area contributed by atoms with Crippen LogP contribution >= 0.6 is 0 Å². The van der Waals surface area contributed by atoms with Crippen LogP contribution < -0.4 is 5.43 Å². The molecule has 1 amide bonds. The maximum Gasteiger partial charge on any atom is 0.416 e. The summed E-state index contributed by atoms with van der Waals surface area (Å²) in [4.78, 5) is 12.0. The fraction of sp³-hybridized carbons (Fsp3) is 0.0500. The van der Waals surface area contributed by atoms with Crippen molar-refractivity contribution >= 4 is 12.1 Å². The number of hydrazone groups is 1. The summed E-state index contributed by atoms with van der Waals surface area (Å²) < 4.78 is 43.7. The van der Waals surface area contributed by atoms with Crippen LogP contribution in [0.3, 0.4) is 0 Å². The fourth-order valence-electron chi connectivity index (χ4n) is 2.34. The summed E-state index contributed by atoms with van der Waals surface area (Å²) in [5, 5.41) is 12.5. The molecule has 140 valence electrons. The topological polar surface area (TPSA) is 78.4 Å². The van der Waals surface area contributed by atoms with E-state index in [2.05, 4.69) is 10.5 Å². The van der Waals surface area contributed by atoms with Crippen LogP contribution in [0.15, 0.2) is 70.2 Å². The summed E-state index contributed by atoms with van der Waals surface area (Å²) in [7, 11) is 0. The number of hydrogen-bond acceptors (Lipinski definition) is 4. The van der Waals surface area contributed by atoms with Gasteiger partial charge in [-0.2, -0.15) is 23.5 Å². The van der Waals surface area contributed by atoms with Gasteiger partial charge in [-0.3, -0.25) is 4.79 Å². The molecule has 3 aromatic rings. The molecular formula is C20H12F3N3O2. The van der Waals surface area contributed by atoms with E-state index in [-0.39, 0.29) is 5.56 Å². The molecule has 0 saturated carbocycles. The fourth-order valence-corrected chi connectivity index (χ4v) is 2.34. The number of furan rings is 1. The van der Waals surface area contributed by atoms with Gasteiger partial charge in [0.15, 0.2) is 0 Å². The normalized spacial score (nSPS) is 11.4. The molecule has 0 unspecified atom stereocenters. The number of nitrogens with zero attached hydrogens (tertiary/aromatic N) is 2. The minimum absolute atomic E-state index is 0.162. The van der Waals surface area contributed by atoms with Crippen LogP contribution in [0.1, 0.15) is 27.2 Å². The van der Waals surface area contributed by atoms with Gasteiger partial charge in [0.25, 0.3) is 5.91 Å². The molecule has 1 heterocycles. The Morgan fingerprint density at radius 1 is 1.11 bits per heavy atom. The van der Waals surface area contributed by atoms with Crippen molar-refractivity contribution in [2.45, 2.75) is 6.18 Å². The van der Waals surface area contributed by atoms with Crippen LogP contribution in [0, 0.1) is 11.3 Å². The van der Waals surface area contributed by atoms with Crippen LogP contribution in [0.25, 0.3) is 11.3 Å². The van der Waals surface area contributed by atoms with E-state index >= 15 is 0 Å². The predicted molar refractivity (Wildman–Crippen MR) is 95.4 cm³/mol. The van der Waals surface area contributed by atoms with Crippen LogP contribution in [0.2, 0.25) is 0 Å². The maximum atomic E-state index is 12.7. The number of nitrogens with one attached hydrogen (secondary N) is 1. The summed E-state index contributed by atoms with van der Waals surface area (Å²) >= 11 is 0. The Bertz CT molecular complexity index is 1060. The largest absolute Gasteiger partial charge is 0.455 e. The third kappa shape index (κ3) is 4.45. The van der Waals surface area contributed by atoms with Crippen LogP contribution in [0.5, 0.6) is 0 Å². The van der Waals surface area contributed by atoms with Crippen molar-refractivity contribution in [1.29, 1.82) is 5.26 Å². The van der Waals surface area contributed by atoms with Crippen molar-refractivity contribution in [1.82, 2.24) is 5.43 Å². The third-order valence-electron chi connectivity index (χ3n) is 3.74. The number of carbonyl (C=O) groups is 1. The molecule has 0 aliphatic carbocycles. The van der Waals surface area contributed by atoms with E-state index in [0.29, 0.717) is 17.1 Å². The lowest BCUT2D eigenvalue weighted by molar-refractivity contribution is -0.137. The minimum atomic E-state index is -4.53. The van der Waals surface area contributed by atoms with Gasteiger partial charge in [-0.1, -0.05) is 6.07 Å².